The van der Waals surface area contributed by atoms with Crippen LogP contribution in [0.5, 0.6) is 0 Å². The first-order chi connectivity index (χ1) is 7.63. The van der Waals surface area contributed by atoms with E-state index >= 15 is 0 Å². The smallest absolute Gasteiger partial charge is 0.227 e. The van der Waals surface area contributed by atoms with Gasteiger partial charge in [-0.1, -0.05) is 6.08 Å². The van der Waals surface area contributed by atoms with Crippen molar-refractivity contribution in [2.24, 2.45) is 5.92 Å². The molecule has 0 bridgehead atoms. The standard InChI is InChI=1S/C13H16N2O/c1-4-11-7-12(16)15(8-11)13-9(2)5-6-14-10(13)3/h4-6,11H,1,7-8H2,2-3H3. The predicted molar refractivity (Wildman–Crippen MR) is 64.4 cm³/mol. The highest BCUT2D eigenvalue weighted by molar-refractivity contribution is 5.97. The summed E-state index contributed by atoms with van der Waals surface area (Å²) in [6, 6.07) is 1.94. The molecule has 2 rings (SSSR count). The fourth-order valence-corrected chi connectivity index (χ4v) is 2.20. The van der Waals surface area contributed by atoms with Crippen LogP contribution < -0.4 is 4.90 Å². The fourth-order valence-electron chi connectivity index (χ4n) is 2.20. The van der Waals surface area contributed by atoms with Gasteiger partial charge in [-0.2, -0.15) is 0 Å². The lowest BCUT2D eigenvalue weighted by Gasteiger charge is -2.20. The van der Waals surface area contributed by atoms with Gasteiger partial charge in [-0.05, 0) is 25.5 Å². The maximum atomic E-state index is 11.9. The largest absolute Gasteiger partial charge is 0.310 e. The van der Waals surface area contributed by atoms with Crippen molar-refractivity contribution in [3.63, 3.8) is 0 Å². The molecule has 1 aromatic heterocycles. The van der Waals surface area contributed by atoms with Crippen molar-refractivity contribution in [2.45, 2.75) is 20.3 Å². The Bertz CT molecular complexity index is 419. The number of carbonyl (C=O) groups is 1. The van der Waals surface area contributed by atoms with E-state index < -0.39 is 0 Å². The first kappa shape index (κ1) is 10.9. The van der Waals surface area contributed by atoms with Crippen LogP contribution in [0.3, 0.4) is 0 Å². The van der Waals surface area contributed by atoms with E-state index in [9.17, 15) is 4.79 Å². The van der Waals surface area contributed by atoms with E-state index in [0.717, 1.165) is 23.5 Å². The highest BCUT2D eigenvalue weighted by Crippen LogP contribution is 2.29. The van der Waals surface area contributed by atoms with E-state index in [2.05, 4.69) is 11.6 Å². The van der Waals surface area contributed by atoms with Crippen LogP contribution in [0.2, 0.25) is 0 Å². The lowest BCUT2D eigenvalue weighted by atomic mass is 10.1. The minimum Gasteiger partial charge on any atom is -0.310 e. The Labute approximate surface area is 95.8 Å². The Hall–Kier alpha value is -1.64. The number of rotatable bonds is 2. The number of pyridine rings is 1. The van der Waals surface area contributed by atoms with E-state index in [1.165, 1.54) is 0 Å². The van der Waals surface area contributed by atoms with Gasteiger partial charge in [0.2, 0.25) is 5.91 Å². The van der Waals surface area contributed by atoms with E-state index in [1.807, 2.05) is 30.9 Å². The number of nitrogens with zero attached hydrogens (tertiary/aromatic N) is 2. The Morgan fingerprint density at radius 1 is 1.56 bits per heavy atom. The van der Waals surface area contributed by atoms with Crippen LogP contribution in [-0.4, -0.2) is 17.4 Å². The van der Waals surface area contributed by atoms with Crippen LogP contribution in [0, 0.1) is 19.8 Å². The summed E-state index contributed by atoms with van der Waals surface area (Å²) in [6.45, 7) is 8.44. The zero-order valence-corrected chi connectivity index (χ0v) is 9.73. The van der Waals surface area contributed by atoms with Crippen molar-refractivity contribution >= 4 is 11.6 Å². The molecule has 1 aliphatic rings. The Kier molecular flexibility index (Phi) is 2.77. The van der Waals surface area contributed by atoms with Crippen molar-refractivity contribution in [3.8, 4) is 0 Å². The van der Waals surface area contributed by atoms with Crippen LogP contribution in [0.1, 0.15) is 17.7 Å². The normalized spacial score (nSPS) is 20.2. The Morgan fingerprint density at radius 2 is 2.31 bits per heavy atom. The Morgan fingerprint density at radius 3 is 2.88 bits per heavy atom. The predicted octanol–water partition coefficient (Wildman–Crippen LogP) is 2.24. The van der Waals surface area contributed by atoms with E-state index in [1.54, 1.807) is 6.20 Å². The van der Waals surface area contributed by atoms with E-state index in [-0.39, 0.29) is 11.8 Å². The lowest BCUT2D eigenvalue weighted by Crippen LogP contribution is -2.26. The molecule has 0 aliphatic carbocycles. The molecular weight excluding hydrogens is 200 g/mol. The third kappa shape index (κ3) is 1.73. The molecule has 1 aromatic rings. The zero-order chi connectivity index (χ0) is 11.7. The molecule has 0 N–H and O–H groups in total. The molecular formula is C13H16N2O. The van der Waals surface area contributed by atoms with Gasteiger partial charge in [0.15, 0.2) is 0 Å². The van der Waals surface area contributed by atoms with E-state index in [0.29, 0.717) is 6.42 Å². The van der Waals surface area contributed by atoms with E-state index in [4.69, 9.17) is 0 Å². The highest BCUT2D eigenvalue weighted by atomic mass is 16.2. The van der Waals surface area contributed by atoms with Gasteiger partial charge >= 0.3 is 0 Å². The molecule has 1 aliphatic heterocycles. The first-order valence-electron chi connectivity index (χ1n) is 5.48. The van der Waals surface area contributed by atoms with Gasteiger partial charge in [0.05, 0.1) is 11.4 Å². The first-order valence-corrected chi connectivity index (χ1v) is 5.48. The summed E-state index contributed by atoms with van der Waals surface area (Å²) in [5.74, 6) is 0.440. The minimum atomic E-state index is 0.170. The molecule has 1 amide bonds. The molecule has 1 fully saturated rings. The lowest BCUT2D eigenvalue weighted by molar-refractivity contribution is -0.117. The SMILES string of the molecule is C=CC1CC(=O)N(c2c(C)ccnc2C)C1. The number of hydrogen-bond acceptors (Lipinski definition) is 2. The molecule has 0 saturated carbocycles. The fraction of sp³-hybridized carbons (Fsp3) is 0.385. The second-order valence-corrected chi connectivity index (χ2v) is 4.27. The number of hydrogen-bond donors (Lipinski definition) is 0. The van der Waals surface area contributed by atoms with Crippen molar-refractivity contribution < 1.29 is 4.79 Å². The van der Waals surface area contributed by atoms with Gasteiger partial charge in [-0.3, -0.25) is 9.78 Å². The molecule has 1 atom stereocenters. The van der Waals surface area contributed by atoms with Crippen molar-refractivity contribution in [1.82, 2.24) is 4.98 Å². The molecule has 84 valence electrons. The molecule has 3 heteroatoms. The molecule has 1 unspecified atom stereocenters. The maximum absolute atomic E-state index is 11.9. The van der Waals surface area contributed by atoms with Crippen LogP contribution in [0.15, 0.2) is 24.9 Å². The van der Waals surface area contributed by atoms with Crippen molar-refractivity contribution in [2.75, 3.05) is 11.4 Å². The number of aromatic nitrogens is 1. The molecule has 2 heterocycles. The molecule has 16 heavy (non-hydrogen) atoms. The molecule has 0 radical (unpaired) electrons. The summed E-state index contributed by atoms with van der Waals surface area (Å²) in [4.78, 5) is 18.0. The molecule has 0 spiro atoms. The third-order valence-electron chi connectivity index (χ3n) is 3.07. The van der Waals surface area contributed by atoms with Gasteiger partial charge in [-0.25, -0.2) is 0 Å². The Balaban J connectivity index is 2.38. The highest BCUT2D eigenvalue weighted by Gasteiger charge is 2.30. The number of carbonyl (C=O) groups excluding carboxylic acids is 1. The summed E-state index contributed by atoms with van der Waals surface area (Å²) >= 11 is 0. The average molecular weight is 216 g/mol. The average Bonchev–Trinajstić information content (AvgIpc) is 2.60. The van der Waals surface area contributed by atoms with Gasteiger partial charge < -0.3 is 4.90 Å². The van der Waals surface area contributed by atoms with Crippen molar-refractivity contribution in [1.29, 1.82) is 0 Å². The number of aryl methyl sites for hydroxylation is 2. The topological polar surface area (TPSA) is 33.2 Å². The van der Waals surface area contributed by atoms with Gasteiger partial charge in [0, 0.05) is 25.1 Å². The molecule has 0 aromatic carbocycles. The van der Waals surface area contributed by atoms with Gasteiger partial charge in [0.1, 0.15) is 0 Å². The van der Waals surface area contributed by atoms with Crippen LogP contribution in [0.4, 0.5) is 5.69 Å². The van der Waals surface area contributed by atoms with Crippen LogP contribution >= 0.6 is 0 Å². The second-order valence-electron chi connectivity index (χ2n) is 4.27. The van der Waals surface area contributed by atoms with Crippen LogP contribution in [0.25, 0.3) is 0 Å². The summed E-state index contributed by atoms with van der Waals surface area (Å²) in [5.41, 5.74) is 2.99. The molecule has 1 saturated heterocycles. The molecule has 3 nitrogen and oxygen atoms in total. The monoisotopic (exact) mass is 216 g/mol. The summed E-state index contributed by atoms with van der Waals surface area (Å²) < 4.78 is 0. The number of anilines is 1. The van der Waals surface area contributed by atoms with Gasteiger partial charge in [-0.15, -0.1) is 6.58 Å². The quantitative estimate of drug-likeness (QED) is 0.710. The summed E-state index contributed by atoms with van der Waals surface area (Å²) in [7, 11) is 0. The van der Waals surface area contributed by atoms with Crippen LogP contribution in [-0.2, 0) is 4.79 Å². The van der Waals surface area contributed by atoms with Crippen molar-refractivity contribution in [3.05, 3.63) is 36.2 Å². The maximum Gasteiger partial charge on any atom is 0.227 e. The zero-order valence-electron chi connectivity index (χ0n) is 9.73. The second kappa shape index (κ2) is 4.08. The summed E-state index contributed by atoms with van der Waals surface area (Å²) in [5, 5.41) is 0. The third-order valence-corrected chi connectivity index (χ3v) is 3.07. The number of amides is 1. The summed E-state index contributed by atoms with van der Waals surface area (Å²) in [6.07, 6.45) is 4.20. The van der Waals surface area contributed by atoms with Gasteiger partial charge in [0.25, 0.3) is 0 Å². The minimum absolute atomic E-state index is 0.170.